The summed E-state index contributed by atoms with van der Waals surface area (Å²) < 4.78 is 3.88. The molecule has 0 radical (unpaired) electrons. The molecular weight excluding hydrogens is 465 g/mol. The second-order valence-corrected chi connectivity index (χ2v) is 9.38. The second-order valence-electron chi connectivity index (χ2n) is 7.24. The van der Waals surface area contributed by atoms with Gasteiger partial charge >= 0.3 is 184 Å². The fraction of sp³-hybridized carbons (Fsp3) is 0.381. The molecule has 0 bridgehead atoms. The molecule has 31 heavy (non-hydrogen) atoms. The number of nitrogens with one attached hydrogen (secondary N) is 4. The molecule has 0 unspecified atom stereocenters. The number of hydrogen-bond donors (Lipinski definition) is 7. The van der Waals surface area contributed by atoms with Crippen LogP contribution in [0.2, 0.25) is 0 Å². The Morgan fingerprint density at radius 1 is 0.935 bits per heavy atom. The maximum atomic E-state index is 12.1. The van der Waals surface area contributed by atoms with E-state index in [2.05, 4.69) is 31.8 Å². The number of hydrogen-bond acceptors (Lipinski definition) is 7. The summed E-state index contributed by atoms with van der Waals surface area (Å²) in [5.74, 6) is -0.165. The van der Waals surface area contributed by atoms with Gasteiger partial charge in [-0.2, -0.15) is 0 Å². The van der Waals surface area contributed by atoms with Crippen molar-refractivity contribution in [3.63, 3.8) is 0 Å². The third kappa shape index (κ3) is 4.36. The molecule has 4 aromatic rings. The fourth-order valence-corrected chi connectivity index (χ4v) is 6.35. The molecule has 0 spiro atoms. The average Bonchev–Trinajstić information content (AvgIpc) is 3.15. The van der Waals surface area contributed by atoms with Crippen LogP contribution in [0.25, 0.3) is 30.3 Å². The van der Waals surface area contributed by atoms with Crippen molar-refractivity contribution in [3.05, 3.63) is 34.5 Å². The minimum absolute atomic E-state index is 0.0976. The third-order valence-electron chi connectivity index (χ3n) is 5.20. The number of aromatic hydroxyl groups is 1. The van der Waals surface area contributed by atoms with Gasteiger partial charge in [0.05, 0.1) is 0 Å². The quantitative estimate of drug-likeness (QED) is 0.0889. The van der Waals surface area contributed by atoms with Crippen molar-refractivity contribution in [2.24, 2.45) is 0 Å². The molecule has 0 aliphatic rings. The summed E-state index contributed by atoms with van der Waals surface area (Å²) in [4.78, 5) is 12.1. The maximum absolute atomic E-state index is 12.1. The number of aromatic nitrogens is 2. The number of aliphatic hydroxyl groups excluding tert-OH is 2. The van der Waals surface area contributed by atoms with E-state index in [9.17, 15) is 9.90 Å². The van der Waals surface area contributed by atoms with Crippen molar-refractivity contribution >= 4 is 50.5 Å². The van der Waals surface area contributed by atoms with E-state index < -0.39 is 0 Å². The number of nitrogens with zero attached hydrogens (tertiary/aromatic N) is 1. The van der Waals surface area contributed by atoms with Crippen molar-refractivity contribution in [2.45, 2.75) is 6.54 Å². The second kappa shape index (κ2) is 9.86. The van der Waals surface area contributed by atoms with Crippen molar-refractivity contribution in [1.29, 1.82) is 0 Å². The van der Waals surface area contributed by atoms with E-state index >= 15 is 0 Å². The molecule has 9 nitrogen and oxygen atoms in total. The van der Waals surface area contributed by atoms with Gasteiger partial charge in [-0.05, 0) is 0 Å². The van der Waals surface area contributed by atoms with Gasteiger partial charge in [-0.1, -0.05) is 0 Å². The monoisotopic (exact) mass is 493 g/mol. The van der Waals surface area contributed by atoms with Gasteiger partial charge < -0.3 is 0 Å². The van der Waals surface area contributed by atoms with Crippen molar-refractivity contribution in [3.8, 4) is 5.75 Å². The molecule has 2 heterocycles. The van der Waals surface area contributed by atoms with Gasteiger partial charge in [-0.15, -0.1) is 0 Å². The Bertz CT molecular complexity index is 1250. The van der Waals surface area contributed by atoms with E-state index in [0.29, 0.717) is 43.5 Å². The van der Waals surface area contributed by atoms with E-state index in [0.717, 1.165) is 31.8 Å². The van der Waals surface area contributed by atoms with Gasteiger partial charge in [0.2, 0.25) is 0 Å². The molecule has 2 aromatic carbocycles. The van der Waals surface area contributed by atoms with Gasteiger partial charge in [0.25, 0.3) is 0 Å². The minimum atomic E-state index is -0.355. The van der Waals surface area contributed by atoms with Gasteiger partial charge in [-0.25, -0.2) is 0 Å². The number of aromatic amines is 1. The summed E-state index contributed by atoms with van der Waals surface area (Å²) >= 11 is -0.234. The van der Waals surface area contributed by atoms with E-state index in [1.807, 2.05) is 6.07 Å². The number of H-pyrrole nitrogens is 1. The fourth-order valence-electron chi connectivity index (χ4n) is 3.75. The molecule has 0 aliphatic carbocycles. The summed E-state index contributed by atoms with van der Waals surface area (Å²) in [5, 5.41) is 43.6. The first-order valence-corrected chi connectivity index (χ1v) is 12.0. The van der Waals surface area contributed by atoms with E-state index in [1.54, 1.807) is 6.07 Å². The Morgan fingerprint density at radius 3 is 2.48 bits per heavy atom. The zero-order valence-electron chi connectivity index (χ0n) is 17.1. The van der Waals surface area contributed by atoms with Gasteiger partial charge in [0.15, 0.2) is 0 Å². The first kappa shape index (κ1) is 21.9. The number of fused-ring (bicyclic) bond motifs is 2. The number of anilines is 1. The zero-order chi connectivity index (χ0) is 21.8. The Morgan fingerprint density at radius 2 is 1.71 bits per heavy atom. The molecule has 0 atom stereocenters. The number of rotatable bonds is 11. The molecule has 10 heteroatoms. The number of aliphatic hydroxyl groups is 2. The molecule has 0 amide bonds. The van der Waals surface area contributed by atoms with Gasteiger partial charge in [0.1, 0.15) is 0 Å². The molecule has 166 valence electrons. The number of benzene rings is 2. The Hall–Kier alpha value is -2.33. The summed E-state index contributed by atoms with van der Waals surface area (Å²) in [5.41, 5.74) is 2.61. The first-order valence-electron chi connectivity index (χ1n) is 10.3. The predicted octanol–water partition coefficient (Wildman–Crippen LogP) is -0.0257. The van der Waals surface area contributed by atoms with E-state index in [1.165, 1.54) is 6.07 Å². The first-order chi connectivity index (χ1) is 15.2. The van der Waals surface area contributed by atoms with Gasteiger partial charge in [0, 0.05) is 0 Å². The summed E-state index contributed by atoms with van der Waals surface area (Å²) in [7, 11) is 0. The van der Waals surface area contributed by atoms with Crippen LogP contribution in [-0.4, -0.2) is 85.5 Å². The summed E-state index contributed by atoms with van der Waals surface area (Å²) in [6.07, 6.45) is 0. The molecule has 0 saturated heterocycles. The summed E-state index contributed by atoms with van der Waals surface area (Å²) in [6, 6.07) is 7.34. The van der Waals surface area contributed by atoms with Crippen LogP contribution in [0.1, 0.15) is 0 Å². The SMILES string of the molecule is O=c1ccc2c([se]c3c(NCCNCCO)ccc4c3c2[nH]n4CCNCCO)c1O. The number of phenolic OH excluding ortho intramolecular Hbond substituents is 1. The van der Waals surface area contributed by atoms with Crippen molar-refractivity contribution < 1.29 is 15.3 Å². The molecule has 0 fully saturated rings. The van der Waals surface area contributed by atoms with Crippen LogP contribution in [0.3, 0.4) is 0 Å². The molecular formula is C21H27N5O4Se. The predicted molar refractivity (Wildman–Crippen MR) is 125 cm³/mol. The Kier molecular flexibility index (Phi) is 6.96. The molecule has 2 aromatic heterocycles. The average molecular weight is 492 g/mol. The normalized spacial score (nSPS) is 11.8. The third-order valence-corrected chi connectivity index (χ3v) is 7.81. The topological polar surface area (TPSA) is 135 Å². The zero-order valence-corrected chi connectivity index (χ0v) is 18.8. The summed E-state index contributed by atoms with van der Waals surface area (Å²) in [6.45, 7) is 4.11. The van der Waals surface area contributed by atoms with Crippen LogP contribution < -0.4 is 21.4 Å². The molecule has 0 aliphatic heterocycles. The Labute approximate surface area is 184 Å². The van der Waals surface area contributed by atoms with Crippen molar-refractivity contribution in [2.75, 3.05) is 51.3 Å². The van der Waals surface area contributed by atoms with Crippen LogP contribution in [0, 0.1) is 0 Å². The molecule has 7 N–H and O–H groups in total. The van der Waals surface area contributed by atoms with E-state index in [-0.39, 0.29) is 38.9 Å². The van der Waals surface area contributed by atoms with E-state index in [4.69, 9.17) is 10.2 Å². The standard InChI is InChI=1S/C21H27N5O4Se/c27-11-8-22-5-6-24-14-2-3-15-17-18(25-26(15)10-7-23-9-12-28)13-1-4-16(29)19(30)20(13)31-21(14)17/h1-4,22-25,27-28,30H,5-12H2. The molecule has 0 saturated carbocycles. The van der Waals surface area contributed by atoms with Crippen molar-refractivity contribution in [1.82, 2.24) is 20.4 Å². The molecule has 4 rings (SSSR count). The number of phenols is 1. The van der Waals surface area contributed by atoms with Crippen LogP contribution in [0.15, 0.2) is 29.1 Å². The Balaban J connectivity index is 1.80. The van der Waals surface area contributed by atoms with Crippen LogP contribution in [0.5, 0.6) is 5.75 Å². The van der Waals surface area contributed by atoms with Crippen LogP contribution in [-0.2, 0) is 6.54 Å². The van der Waals surface area contributed by atoms with Crippen LogP contribution >= 0.6 is 0 Å². The van der Waals surface area contributed by atoms with Crippen LogP contribution in [0.4, 0.5) is 5.69 Å². The van der Waals surface area contributed by atoms with Gasteiger partial charge in [-0.3, -0.25) is 0 Å².